The summed E-state index contributed by atoms with van der Waals surface area (Å²) in [5.74, 6) is 0.501. The van der Waals surface area contributed by atoms with Crippen LogP contribution in [-0.2, 0) is 0 Å². The van der Waals surface area contributed by atoms with E-state index in [2.05, 4.69) is 10.1 Å². The highest BCUT2D eigenvalue weighted by molar-refractivity contribution is 6.30. The first-order chi connectivity index (χ1) is 9.76. The highest BCUT2D eigenvalue weighted by Crippen LogP contribution is 2.38. The van der Waals surface area contributed by atoms with Gasteiger partial charge >= 0.3 is 0 Å². The molecular formula is C15H13ClN4. The van der Waals surface area contributed by atoms with Crippen molar-refractivity contribution < 1.29 is 0 Å². The van der Waals surface area contributed by atoms with E-state index in [0.29, 0.717) is 17.0 Å². The highest BCUT2D eigenvalue weighted by atomic mass is 35.5. The Morgan fingerprint density at radius 1 is 1.35 bits per heavy atom. The smallest absolute Gasteiger partial charge is 0.0908 e. The molecule has 1 saturated carbocycles. The summed E-state index contributed by atoms with van der Waals surface area (Å²) < 4.78 is 1.99. The number of halogens is 1. The number of nitriles is 1. The van der Waals surface area contributed by atoms with Crippen LogP contribution in [0, 0.1) is 17.2 Å². The van der Waals surface area contributed by atoms with Crippen LogP contribution < -0.4 is 0 Å². The van der Waals surface area contributed by atoms with Crippen LogP contribution in [0.4, 0.5) is 0 Å². The van der Waals surface area contributed by atoms with E-state index in [0.717, 1.165) is 24.1 Å². The van der Waals surface area contributed by atoms with Crippen molar-refractivity contribution in [1.82, 2.24) is 14.8 Å². The van der Waals surface area contributed by atoms with Gasteiger partial charge in [-0.2, -0.15) is 10.4 Å². The molecule has 0 bridgehead atoms. The van der Waals surface area contributed by atoms with Crippen molar-refractivity contribution in [2.75, 3.05) is 0 Å². The van der Waals surface area contributed by atoms with Crippen molar-refractivity contribution in [3.63, 3.8) is 0 Å². The topological polar surface area (TPSA) is 54.5 Å². The maximum absolute atomic E-state index is 8.50. The first-order valence-electron chi connectivity index (χ1n) is 6.48. The third-order valence-corrected chi connectivity index (χ3v) is 3.81. The molecule has 0 N–H and O–H groups in total. The van der Waals surface area contributed by atoms with E-state index in [4.69, 9.17) is 16.9 Å². The van der Waals surface area contributed by atoms with E-state index in [9.17, 15) is 0 Å². The summed E-state index contributed by atoms with van der Waals surface area (Å²) in [7, 11) is 0. The predicted octanol–water partition coefficient (Wildman–Crippen LogP) is 3.63. The number of nitrogens with zero attached hydrogens (tertiary/aromatic N) is 4. The fourth-order valence-corrected chi connectivity index (χ4v) is 2.51. The van der Waals surface area contributed by atoms with Gasteiger partial charge in [0.15, 0.2) is 0 Å². The zero-order valence-electron chi connectivity index (χ0n) is 10.8. The summed E-state index contributed by atoms with van der Waals surface area (Å²) in [4.78, 5) is 4.29. The number of hydrogen-bond acceptors (Lipinski definition) is 3. The van der Waals surface area contributed by atoms with Gasteiger partial charge < -0.3 is 0 Å². The molecule has 1 fully saturated rings. The molecule has 20 heavy (non-hydrogen) atoms. The maximum atomic E-state index is 8.50. The Balaban J connectivity index is 1.68. The molecule has 0 spiro atoms. The minimum Gasteiger partial charge on any atom is -0.269 e. The summed E-state index contributed by atoms with van der Waals surface area (Å²) in [5, 5.41) is 13.5. The van der Waals surface area contributed by atoms with Gasteiger partial charge in [-0.3, -0.25) is 9.67 Å². The van der Waals surface area contributed by atoms with Crippen molar-refractivity contribution in [2.45, 2.75) is 18.9 Å². The second kappa shape index (κ2) is 5.48. The molecular weight excluding hydrogens is 272 g/mol. The van der Waals surface area contributed by atoms with E-state index in [1.165, 1.54) is 0 Å². The van der Waals surface area contributed by atoms with Gasteiger partial charge in [0.25, 0.3) is 0 Å². The first-order valence-corrected chi connectivity index (χ1v) is 6.86. The fourth-order valence-electron chi connectivity index (χ4n) is 2.40. The van der Waals surface area contributed by atoms with Crippen LogP contribution in [0.1, 0.15) is 18.9 Å². The molecule has 4 nitrogen and oxygen atoms in total. The minimum atomic E-state index is 0.421. The molecule has 2 aromatic heterocycles. The van der Waals surface area contributed by atoms with Crippen molar-refractivity contribution in [1.29, 1.82) is 5.26 Å². The van der Waals surface area contributed by atoms with Gasteiger partial charge in [-0.05, 0) is 30.9 Å². The van der Waals surface area contributed by atoms with Gasteiger partial charge in [-0.25, -0.2) is 0 Å². The van der Waals surface area contributed by atoms with E-state index in [1.54, 1.807) is 12.3 Å². The summed E-state index contributed by atoms with van der Waals surface area (Å²) >= 11 is 5.83. The molecule has 100 valence electrons. The average molecular weight is 285 g/mol. The van der Waals surface area contributed by atoms with Crippen LogP contribution in [0.15, 0.2) is 42.9 Å². The average Bonchev–Trinajstić information content (AvgIpc) is 2.87. The standard InChI is InChI=1S/C15H13ClN4/c16-13-3-4-15(18-9-13)12-8-19-20(10-12)14-6-11(7-14)2-1-5-17/h1-4,8-11,14H,6-7H2/b2-1+. The lowest BCUT2D eigenvalue weighted by molar-refractivity contribution is 0.224. The van der Waals surface area contributed by atoms with Gasteiger partial charge in [-0.15, -0.1) is 0 Å². The lowest BCUT2D eigenvalue weighted by Crippen LogP contribution is -2.25. The molecule has 0 aromatic carbocycles. The molecule has 1 aliphatic carbocycles. The SMILES string of the molecule is N#C/C=C/C1CC(n2cc(-c3ccc(Cl)cn3)cn2)C1. The van der Waals surface area contributed by atoms with Gasteiger partial charge in [0.1, 0.15) is 0 Å². The number of rotatable bonds is 3. The molecule has 0 aliphatic heterocycles. The van der Waals surface area contributed by atoms with E-state index in [1.807, 2.05) is 41.4 Å². The summed E-state index contributed by atoms with van der Waals surface area (Å²) in [6.07, 6.45) is 11.1. The predicted molar refractivity (Wildman–Crippen MR) is 77.0 cm³/mol. The van der Waals surface area contributed by atoms with Gasteiger partial charge in [0.2, 0.25) is 0 Å². The minimum absolute atomic E-state index is 0.421. The quantitative estimate of drug-likeness (QED) is 0.809. The zero-order chi connectivity index (χ0) is 13.9. The normalized spacial score (nSPS) is 21.6. The third-order valence-electron chi connectivity index (χ3n) is 3.59. The second-order valence-corrected chi connectivity index (χ2v) is 5.38. The summed E-state index contributed by atoms with van der Waals surface area (Å²) in [6.45, 7) is 0. The van der Waals surface area contributed by atoms with Crippen LogP contribution in [0.2, 0.25) is 5.02 Å². The second-order valence-electron chi connectivity index (χ2n) is 4.94. The van der Waals surface area contributed by atoms with E-state index in [-0.39, 0.29) is 0 Å². The molecule has 1 aliphatic rings. The Kier molecular flexibility index (Phi) is 3.53. The maximum Gasteiger partial charge on any atom is 0.0908 e. The van der Waals surface area contributed by atoms with Gasteiger partial charge in [-0.1, -0.05) is 17.7 Å². The molecule has 3 rings (SSSR count). The fraction of sp³-hybridized carbons (Fsp3) is 0.267. The van der Waals surface area contributed by atoms with Crippen molar-refractivity contribution in [3.8, 4) is 17.3 Å². The molecule has 0 amide bonds. The molecule has 2 aromatic rings. The Hall–Kier alpha value is -2.12. The van der Waals surface area contributed by atoms with Crippen LogP contribution >= 0.6 is 11.6 Å². The molecule has 0 atom stereocenters. The van der Waals surface area contributed by atoms with E-state index < -0.39 is 0 Å². The van der Waals surface area contributed by atoms with E-state index >= 15 is 0 Å². The number of allylic oxidation sites excluding steroid dienone is 2. The van der Waals surface area contributed by atoms with Crippen LogP contribution in [0.25, 0.3) is 11.3 Å². The lowest BCUT2D eigenvalue weighted by Gasteiger charge is -2.33. The van der Waals surface area contributed by atoms with Crippen LogP contribution in [-0.4, -0.2) is 14.8 Å². The zero-order valence-corrected chi connectivity index (χ0v) is 11.5. The van der Waals surface area contributed by atoms with Crippen molar-refractivity contribution >= 4 is 11.6 Å². The molecule has 0 saturated heterocycles. The molecule has 0 radical (unpaired) electrons. The number of aromatic nitrogens is 3. The summed E-state index contributed by atoms with van der Waals surface area (Å²) in [6, 6.07) is 6.17. The molecule has 2 heterocycles. The Morgan fingerprint density at radius 3 is 2.90 bits per heavy atom. The first kappa shape index (κ1) is 12.9. The summed E-state index contributed by atoms with van der Waals surface area (Å²) in [5.41, 5.74) is 1.87. The Labute approximate surface area is 122 Å². The molecule has 5 heteroatoms. The highest BCUT2D eigenvalue weighted by Gasteiger charge is 2.29. The monoisotopic (exact) mass is 284 g/mol. The lowest BCUT2D eigenvalue weighted by atomic mass is 9.80. The molecule has 0 unspecified atom stereocenters. The Bertz CT molecular complexity index is 660. The van der Waals surface area contributed by atoms with Crippen molar-refractivity contribution in [3.05, 3.63) is 47.9 Å². The van der Waals surface area contributed by atoms with Crippen molar-refractivity contribution in [2.24, 2.45) is 5.92 Å². The van der Waals surface area contributed by atoms with Gasteiger partial charge in [0, 0.05) is 24.0 Å². The number of pyridine rings is 1. The van der Waals surface area contributed by atoms with Gasteiger partial charge in [0.05, 0.1) is 29.0 Å². The Morgan fingerprint density at radius 2 is 2.20 bits per heavy atom. The third kappa shape index (κ3) is 2.59. The largest absolute Gasteiger partial charge is 0.269 e. The number of hydrogen-bond donors (Lipinski definition) is 0. The van der Waals surface area contributed by atoms with Crippen LogP contribution in [0.5, 0.6) is 0 Å². The van der Waals surface area contributed by atoms with Crippen LogP contribution in [0.3, 0.4) is 0 Å².